The fraction of sp³-hybridized carbons (Fsp3) is 0.500. The van der Waals surface area contributed by atoms with Crippen molar-refractivity contribution in [2.24, 2.45) is 11.0 Å². The van der Waals surface area contributed by atoms with Gasteiger partial charge in [-0.3, -0.25) is 4.79 Å². The Morgan fingerprint density at radius 1 is 1.52 bits per heavy atom. The molecule has 3 N–H and O–H groups in total. The van der Waals surface area contributed by atoms with E-state index < -0.39 is 5.60 Å². The molecule has 1 aromatic carbocycles. The van der Waals surface area contributed by atoms with E-state index in [0.29, 0.717) is 46.9 Å². The Hall–Kier alpha value is -1.79. The van der Waals surface area contributed by atoms with Crippen LogP contribution in [0, 0.1) is 12.8 Å². The molecule has 0 saturated heterocycles. The number of carbonyl (C=O) groups excluding carboxylic acids is 1. The molecule has 1 aliphatic carbocycles. The molecule has 1 saturated carbocycles. The summed E-state index contributed by atoms with van der Waals surface area (Å²) in [5.74, 6) is 0.112. The van der Waals surface area contributed by atoms with Gasteiger partial charge in [0.25, 0.3) is 0 Å². The van der Waals surface area contributed by atoms with Crippen LogP contribution in [0.3, 0.4) is 0 Å². The smallest absolute Gasteiger partial charge is 0.240 e. The summed E-state index contributed by atoms with van der Waals surface area (Å²) in [6, 6.07) is 1.59. The fourth-order valence-corrected chi connectivity index (χ4v) is 2.90. The van der Waals surface area contributed by atoms with Crippen LogP contribution < -0.4 is 10.2 Å². The molecular formula is C16H19ClN2O4. The van der Waals surface area contributed by atoms with Gasteiger partial charge in [0.15, 0.2) is 0 Å². The van der Waals surface area contributed by atoms with E-state index >= 15 is 0 Å². The monoisotopic (exact) mass is 338 g/mol. The highest BCUT2D eigenvalue weighted by molar-refractivity contribution is 6.33. The average molecular weight is 339 g/mol. The molecule has 1 aromatic rings. The van der Waals surface area contributed by atoms with Gasteiger partial charge in [0.2, 0.25) is 5.91 Å². The molecule has 6 nitrogen and oxygen atoms in total. The molecule has 0 radical (unpaired) electrons. The Bertz CT molecular complexity index is 698. The second kappa shape index (κ2) is 5.69. The Morgan fingerprint density at radius 3 is 2.83 bits per heavy atom. The predicted octanol–water partition coefficient (Wildman–Crippen LogP) is 2.12. The zero-order chi connectivity index (χ0) is 16.8. The van der Waals surface area contributed by atoms with E-state index in [9.17, 15) is 15.0 Å². The number of hydrogen-bond acceptors (Lipinski definition) is 5. The fourth-order valence-electron chi connectivity index (χ4n) is 2.60. The van der Waals surface area contributed by atoms with Crippen LogP contribution in [0.2, 0.25) is 5.02 Å². The summed E-state index contributed by atoms with van der Waals surface area (Å²) in [6.07, 6.45) is 1.73. The molecule has 2 aliphatic rings. The van der Waals surface area contributed by atoms with Gasteiger partial charge in [-0.05, 0) is 25.8 Å². The minimum absolute atomic E-state index is 0.0222. The lowest BCUT2D eigenvalue weighted by atomic mass is 9.92. The number of ether oxygens (including phenoxy) is 1. The number of rotatable bonds is 4. The molecular weight excluding hydrogens is 320 g/mol. The number of phenols is 1. The minimum atomic E-state index is -0.768. The molecule has 124 valence electrons. The Morgan fingerprint density at radius 2 is 2.22 bits per heavy atom. The van der Waals surface area contributed by atoms with Crippen molar-refractivity contribution in [3.8, 4) is 11.5 Å². The van der Waals surface area contributed by atoms with E-state index in [1.165, 1.54) is 0 Å². The lowest BCUT2D eigenvalue weighted by Crippen LogP contribution is -2.32. The molecule has 1 fully saturated rings. The van der Waals surface area contributed by atoms with Crippen LogP contribution in [0.15, 0.2) is 11.2 Å². The number of carbonyl (C=O) groups is 1. The summed E-state index contributed by atoms with van der Waals surface area (Å²) in [6.45, 7) is 3.72. The highest BCUT2D eigenvalue weighted by atomic mass is 35.5. The average Bonchev–Trinajstić information content (AvgIpc) is 3.21. The quantitative estimate of drug-likeness (QED) is 0.784. The maximum Gasteiger partial charge on any atom is 0.240 e. The summed E-state index contributed by atoms with van der Waals surface area (Å²) in [7, 11) is 0. The van der Waals surface area contributed by atoms with Gasteiger partial charge < -0.3 is 14.9 Å². The van der Waals surface area contributed by atoms with Gasteiger partial charge in [0.1, 0.15) is 18.1 Å². The van der Waals surface area contributed by atoms with Crippen molar-refractivity contribution in [1.82, 2.24) is 5.43 Å². The van der Waals surface area contributed by atoms with Crippen molar-refractivity contribution in [2.75, 3.05) is 6.61 Å². The molecule has 1 heterocycles. The van der Waals surface area contributed by atoms with Crippen LogP contribution in [0.25, 0.3) is 0 Å². The first-order valence-electron chi connectivity index (χ1n) is 7.55. The summed E-state index contributed by atoms with van der Waals surface area (Å²) >= 11 is 6.29. The molecule has 0 aromatic heterocycles. The third-order valence-electron chi connectivity index (χ3n) is 4.29. The van der Waals surface area contributed by atoms with Crippen molar-refractivity contribution in [3.63, 3.8) is 0 Å². The van der Waals surface area contributed by atoms with Crippen molar-refractivity contribution < 1.29 is 19.7 Å². The van der Waals surface area contributed by atoms with Crippen LogP contribution >= 0.6 is 11.6 Å². The van der Waals surface area contributed by atoms with Crippen molar-refractivity contribution in [3.05, 3.63) is 22.2 Å². The van der Waals surface area contributed by atoms with E-state index in [1.807, 2.05) is 6.92 Å². The number of nitrogens with one attached hydrogen (secondary N) is 1. The third-order valence-corrected chi connectivity index (χ3v) is 4.57. The molecule has 1 amide bonds. The van der Waals surface area contributed by atoms with Crippen LogP contribution in [0.5, 0.6) is 11.5 Å². The highest BCUT2D eigenvalue weighted by Crippen LogP contribution is 2.41. The molecule has 23 heavy (non-hydrogen) atoms. The topological polar surface area (TPSA) is 91.2 Å². The molecule has 7 heteroatoms. The van der Waals surface area contributed by atoms with E-state index in [1.54, 1.807) is 13.0 Å². The van der Waals surface area contributed by atoms with Crippen LogP contribution in [0.1, 0.15) is 37.3 Å². The van der Waals surface area contributed by atoms with Gasteiger partial charge in [-0.15, -0.1) is 0 Å². The number of halogens is 1. The first-order valence-corrected chi connectivity index (χ1v) is 7.92. The van der Waals surface area contributed by atoms with E-state index in [4.69, 9.17) is 16.3 Å². The lowest BCUT2D eigenvalue weighted by molar-refractivity contribution is -0.121. The second-order valence-electron chi connectivity index (χ2n) is 6.36. The third kappa shape index (κ3) is 3.14. The summed E-state index contributed by atoms with van der Waals surface area (Å²) in [5, 5.41) is 24.7. The molecule has 1 unspecified atom stereocenters. The number of benzene rings is 1. The van der Waals surface area contributed by atoms with Crippen molar-refractivity contribution >= 4 is 23.2 Å². The molecule has 0 bridgehead atoms. The first-order chi connectivity index (χ1) is 10.8. The molecule has 0 spiro atoms. The largest absolute Gasteiger partial charge is 0.507 e. The van der Waals surface area contributed by atoms with Crippen molar-refractivity contribution in [1.29, 1.82) is 0 Å². The number of nitrogens with zero attached hydrogens (tertiary/aromatic N) is 1. The standard InChI is InChI=1S/C16H19ClN2O4/c1-8-5-12(20)18-19-13(8)10-6-11(17)15(9(2)14(10)21)23-7-16(22)3-4-16/h6,8,21-22H,3-5,7H2,1-2H3,(H,18,20). The van der Waals surface area contributed by atoms with Gasteiger partial charge in [-0.1, -0.05) is 18.5 Å². The normalized spacial score (nSPS) is 22.3. The first kappa shape index (κ1) is 16.1. The maximum absolute atomic E-state index is 11.4. The van der Waals surface area contributed by atoms with Crippen molar-refractivity contribution in [2.45, 2.75) is 38.7 Å². The van der Waals surface area contributed by atoms with E-state index in [2.05, 4.69) is 10.5 Å². The zero-order valence-corrected chi connectivity index (χ0v) is 13.8. The van der Waals surface area contributed by atoms with Crippen LogP contribution in [0.4, 0.5) is 0 Å². The predicted molar refractivity (Wildman–Crippen MR) is 86.0 cm³/mol. The number of hydrogen-bond donors (Lipinski definition) is 3. The molecule has 1 aliphatic heterocycles. The Kier molecular flexibility index (Phi) is 3.98. The van der Waals surface area contributed by atoms with Gasteiger partial charge in [-0.25, -0.2) is 5.43 Å². The van der Waals surface area contributed by atoms with Gasteiger partial charge in [0.05, 0.1) is 16.3 Å². The number of phenolic OH excluding ortho intramolecular Hbond substituents is 1. The Labute approximate surface area is 139 Å². The molecule has 3 rings (SSSR count). The number of aromatic hydroxyl groups is 1. The number of aliphatic hydroxyl groups is 1. The van der Waals surface area contributed by atoms with E-state index in [-0.39, 0.29) is 24.2 Å². The lowest BCUT2D eigenvalue weighted by Gasteiger charge is -2.22. The van der Waals surface area contributed by atoms with Gasteiger partial charge in [-0.2, -0.15) is 5.10 Å². The van der Waals surface area contributed by atoms with Crippen LogP contribution in [-0.2, 0) is 4.79 Å². The van der Waals surface area contributed by atoms with Crippen LogP contribution in [-0.4, -0.2) is 34.0 Å². The zero-order valence-electron chi connectivity index (χ0n) is 13.0. The summed E-state index contributed by atoms with van der Waals surface area (Å²) < 4.78 is 5.61. The maximum atomic E-state index is 11.4. The summed E-state index contributed by atoms with van der Waals surface area (Å²) in [5.41, 5.74) is 3.21. The SMILES string of the molecule is Cc1c(O)c(C2=NNC(=O)CC2C)cc(Cl)c1OCC1(O)CC1. The van der Waals surface area contributed by atoms with Gasteiger partial charge >= 0.3 is 0 Å². The van der Waals surface area contributed by atoms with Gasteiger partial charge in [0, 0.05) is 23.5 Å². The summed E-state index contributed by atoms with van der Waals surface area (Å²) in [4.78, 5) is 11.4. The number of amides is 1. The number of hydrazone groups is 1. The highest BCUT2D eigenvalue weighted by Gasteiger charge is 2.41. The van der Waals surface area contributed by atoms with E-state index in [0.717, 1.165) is 0 Å². The Balaban J connectivity index is 1.92. The second-order valence-corrected chi connectivity index (χ2v) is 6.77. The molecule has 1 atom stereocenters. The minimum Gasteiger partial charge on any atom is -0.507 e.